The van der Waals surface area contributed by atoms with Crippen LogP contribution in [0.3, 0.4) is 0 Å². The van der Waals surface area contributed by atoms with Crippen LogP contribution in [0.5, 0.6) is 17.2 Å². The van der Waals surface area contributed by atoms with Crippen LogP contribution in [-0.2, 0) is 6.54 Å². The van der Waals surface area contributed by atoms with Crippen molar-refractivity contribution in [1.82, 2.24) is 10.9 Å². The molecular formula is C25H24ClN3O3. The minimum atomic E-state index is 0.174. The smallest absolute Gasteiger partial charge is 0.231 e. The number of rotatable bonds is 4. The molecule has 0 amide bonds. The molecule has 1 fully saturated rings. The summed E-state index contributed by atoms with van der Waals surface area (Å²) in [6.07, 6.45) is 0. The van der Waals surface area contributed by atoms with Gasteiger partial charge in [0.2, 0.25) is 6.79 Å². The van der Waals surface area contributed by atoms with Crippen molar-refractivity contribution >= 4 is 17.3 Å². The molecule has 2 N–H and O–H groups in total. The van der Waals surface area contributed by atoms with Gasteiger partial charge in [-0.2, -0.15) is 0 Å². The lowest BCUT2D eigenvalue weighted by Crippen LogP contribution is -2.39. The van der Waals surface area contributed by atoms with Crippen LogP contribution >= 0.6 is 11.6 Å². The Hall–Kier alpha value is -2.93. The molecule has 3 atom stereocenters. The zero-order chi connectivity index (χ0) is 21.7. The van der Waals surface area contributed by atoms with Crippen LogP contribution in [0.15, 0.2) is 60.7 Å². The minimum Gasteiger partial charge on any atom is -0.497 e. The highest BCUT2D eigenvalue weighted by Crippen LogP contribution is 2.49. The summed E-state index contributed by atoms with van der Waals surface area (Å²) in [7, 11) is 1.69. The molecule has 6 rings (SSSR count). The molecule has 0 spiro atoms. The van der Waals surface area contributed by atoms with Gasteiger partial charge in [-0.1, -0.05) is 35.9 Å². The summed E-state index contributed by atoms with van der Waals surface area (Å²) in [4.78, 5) is 2.44. The number of halogens is 1. The maximum Gasteiger partial charge on any atom is 0.231 e. The second-order valence-electron chi connectivity index (χ2n) is 8.45. The van der Waals surface area contributed by atoms with Gasteiger partial charge in [-0.3, -0.25) is 0 Å². The Labute approximate surface area is 192 Å². The predicted molar refractivity (Wildman–Crippen MR) is 123 cm³/mol. The van der Waals surface area contributed by atoms with Gasteiger partial charge >= 0.3 is 0 Å². The lowest BCUT2D eigenvalue weighted by molar-refractivity contribution is 0.174. The van der Waals surface area contributed by atoms with Crippen LogP contribution in [0.2, 0.25) is 5.02 Å². The number of methoxy groups -OCH3 is 1. The number of nitrogens with zero attached hydrogens (tertiary/aromatic N) is 1. The van der Waals surface area contributed by atoms with E-state index in [-0.39, 0.29) is 18.9 Å². The first-order valence-corrected chi connectivity index (χ1v) is 11.2. The van der Waals surface area contributed by atoms with Crippen molar-refractivity contribution in [2.75, 3.05) is 25.3 Å². The average molecular weight is 450 g/mol. The molecule has 7 heteroatoms. The summed E-state index contributed by atoms with van der Waals surface area (Å²) in [6, 6.07) is 21.0. The first-order chi connectivity index (χ1) is 15.7. The van der Waals surface area contributed by atoms with Gasteiger partial charge in [-0.05, 0) is 47.0 Å². The van der Waals surface area contributed by atoms with E-state index in [2.05, 4.69) is 52.1 Å². The Morgan fingerprint density at radius 3 is 2.44 bits per heavy atom. The van der Waals surface area contributed by atoms with Crippen LogP contribution in [0.4, 0.5) is 5.69 Å². The fourth-order valence-corrected chi connectivity index (χ4v) is 5.16. The number of hydrazine groups is 1. The monoisotopic (exact) mass is 449 g/mol. The number of fused-ring (bicyclic) bond motifs is 4. The van der Waals surface area contributed by atoms with Gasteiger partial charge in [0.15, 0.2) is 11.5 Å². The van der Waals surface area contributed by atoms with E-state index >= 15 is 0 Å². The van der Waals surface area contributed by atoms with E-state index in [0.29, 0.717) is 5.92 Å². The highest BCUT2D eigenvalue weighted by Gasteiger charge is 2.44. The molecule has 32 heavy (non-hydrogen) atoms. The maximum absolute atomic E-state index is 6.11. The molecule has 0 bridgehead atoms. The SMILES string of the molecule is COc1ccc(C2NNC3c4cc5c(cc4N(Cc4ccc(Cl)cc4)CC23)OCO5)cc1. The van der Waals surface area contributed by atoms with E-state index in [1.807, 2.05) is 24.3 Å². The largest absolute Gasteiger partial charge is 0.497 e. The molecule has 0 aliphatic carbocycles. The first-order valence-electron chi connectivity index (χ1n) is 10.8. The molecule has 0 aromatic heterocycles. The van der Waals surface area contributed by atoms with Crippen molar-refractivity contribution in [2.45, 2.75) is 18.6 Å². The lowest BCUT2D eigenvalue weighted by atomic mass is 9.81. The van der Waals surface area contributed by atoms with Gasteiger partial charge < -0.3 is 19.1 Å². The Morgan fingerprint density at radius 2 is 1.69 bits per heavy atom. The van der Waals surface area contributed by atoms with Crippen molar-refractivity contribution in [2.24, 2.45) is 5.92 Å². The van der Waals surface area contributed by atoms with Crippen LogP contribution in [0, 0.1) is 5.92 Å². The summed E-state index contributed by atoms with van der Waals surface area (Å²) >= 11 is 6.11. The summed E-state index contributed by atoms with van der Waals surface area (Å²) in [5, 5.41) is 0.750. The Kier molecular flexibility index (Phi) is 4.86. The van der Waals surface area contributed by atoms with Gasteiger partial charge in [0.05, 0.1) is 19.2 Å². The van der Waals surface area contributed by atoms with E-state index in [1.165, 1.54) is 22.4 Å². The zero-order valence-corrected chi connectivity index (χ0v) is 18.4. The molecule has 3 aliphatic rings. The number of anilines is 1. The standard InChI is InChI=1S/C25H24ClN3O3/c1-30-18-8-4-16(5-9-18)24-20-13-29(12-15-2-6-17(26)7-3-15)21-11-23-22(31-14-32-23)10-19(21)25(20)28-27-24/h2-11,20,24-25,27-28H,12-14H2,1H3. The number of ether oxygens (including phenoxy) is 3. The summed E-state index contributed by atoms with van der Waals surface area (Å²) in [6.45, 7) is 1.96. The van der Waals surface area contributed by atoms with E-state index in [1.54, 1.807) is 7.11 Å². The molecule has 164 valence electrons. The molecule has 3 aromatic rings. The van der Waals surface area contributed by atoms with E-state index < -0.39 is 0 Å². The van der Waals surface area contributed by atoms with Crippen molar-refractivity contribution in [3.63, 3.8) is 0 Å². The van der Waals surface area contributed by atoms with Crippen LogP contribution < -0.4 is 30.0 Å². The number of hydrogen-bond acceptors (Lipinski definition) is 6. The highest BCUT2D eigenvalue weighted by molar-refractivity contribution is 6.30. The number of hydrogen-bond donors (Lipinski definition) is 2. The molecular weight excluding hydrogens is 426 g/mol. The zero-order valence-electron chi connectivity index (χ0n) is 17.7. The van der Waals surface area contributed by atoms with Crippen molar-refractivity contribution in [3.05, 3.63) is 82.4 Å². The topological polar surface area (TPSA) is 55.0 Å². The summed E-state index contributed by atoms with van der Waals surface area (Å²) < 4.78 is 16.7. The maximum atomic E-state index is 6.11. The quantitative estimate of drug-likeness (QED) is 0.607. The minimum absolute atomic E-state index is 0.174. The van der Waals surface area contributed by atoms with E-state index in [4.69, 9.17) is 25.8 Å². The number of benzene rings is 3. The van der Waals surface area contributed by atoms with Crippen molar-refractivity contribution in [3.8, 4) is 17.2 Å². The second-order valence-corrected chi connectivity index (χ2v) is 8.89. The third kappa shape index (κ3) is 3.35. The van der Waals surface area contributed by atoms with Crippen molar-refractivity contribution < 1.29 is 14.2 Å². The van der Waals surface area contributed by atoms with Gasteiger partial charge in [-0.25, -0.2) is 10.9 Å². The molecule has 6 nitrogen and oxygen atoms in total. The normalized spacial score (nSPS) is 23.1. The molecule has 0 saturated carbocycles. The first kappa shape index (κ1) is 19.7. The fraction of sp³-hybridized carbons (Fsp3) is 0.280. The molecule has 3 aliphatic heterocycles. The molecule has 3 aromatic carbocycles. The summed E-state index contributed by atoms with van der Waals surface area (Å²) in [5.74, 6) is 2.82. The predicted octanol–water partition coefficient (Wildman–Crippen LogP) is 4.60. The van der Waals surface area contributed by atoms with E-state index in [9.17, 15) is 0 Å². The number of nitrogens with one attached hydrogen (secondary N) is 2. The van der Waals surface area contributed by atoms with Crippen LogP contribution in [-0.4, -0.2) is 20.4 Å². The fourth-order valence-electron chi connectivity index (χ4n) is 5.03. The Morgan fingerprint density at radius 1 is 0.969 bits per heavy atom. The van der Waals surface area contributed by atoms with Crippen LogP contribution in [0.25, 0.3) is 0 Å². The third-order valence-corrected chi connectivity index (χ3v) is 6.89. The third-order valence-electron chi connectivity index (χ3n) is 6.64. The van der Waals surface area contributed by atoms with Gasteiger partial charge in [0.25, 0.3) is 0 Å². The van der Waals surface area contributed by atoms with Gasteiger partial charge in [0.1, 0.15) is 5.75 Å². The average Bonchev–Trinajstić information content (AvgIpc) is 3.46. The Bertz CT molecular complexity index is 1140. The van der Waals surface area contributed by atoms with Gasteiger partial charge in [-0.15, -0.1) is 0 Å². The Balaban J connectivity index is 1.38. The molecule has 3 unspecified atom stereocenters. The molecule has 3 heterocycles. The second kappa shape index (κ2) is 7.89. The summed E-state index contributed by atoms with van der Waals surface area (Å²) in [5.41, 5.74) is 12.0. The van der Waals surface area contributed by atoms with E-state index in [0.717, 1.165) is 35.4 Å². The molecule has 0 radical (unpaired) electrons. The lowest BCUT2D eigenvalue weighted by Gasteiger charge is -2.39. The van der Waals surface area contributed by atoms with Crippen molar-refractivity contribution in [1.29, 1.82) is 0 Å². The van der Waals surface area contributed by atoms with Gasteiger partial charge in [0, 0.05) is 35.8 Å². The van der Waals surface area contributed by atoms with Crippen LogP contribution in [0.1, 0.15) is 28.8 Å². The molecule has 1 saturated heterocycles. The highest BCUT2D eigenvalue weighted by atomic mass is 35.5.